The molecule has 5 heteroatoms. The average Bonchev–Trinajstić information content (AvgIpc) is 2.89. The van der Waals surface area contributed by atoms with Crippen molar-refractivity contribution in [3.05, 3.63) is 48.5 Å². The van der Waals surface area contributed by atoms with Crippen molar-refractivity contribution in [2.45, 2.75) is 13.8 Å². The first-order valence-corrected chi connectivity index (χ1v) is 7.29. The summed E-state index contributed by atoms with van der Waals surface area (Å²) in [6.45, 7) is 2.97. The van der Waals surface area contributed by atoms with Gasteiger partial charge in [-0.25, -0.2) is 0 Å². The lowest BCUT2D eigenvalue weighted by Gasteiger charge is -2.04. The van der Waals surface area contributed by atoms with Gasteiger partial charge in [-0.15, -0.1) is 0 Å². The zero-order chi connectivity index (χ0) is 16.4. The van der Waals surface area contributed by atoms with E-state index in [1.807, 2.05) is 48.5 Å². The van der Waals surface area contributed by atoms with E-state index in [0.717, 1.165) is 33.5 Å². The van der Waals surface area contributed by atoms with Crippen LogP contribution in [0.3, 0.4) is 0 Å². The van der Waals surface area contributed by atoms with Crippen LogP contribution in [0.15, 0.2) is 48.5 Å². The molecule has 2 amide bonds. The van der Waals surface area contributed by atoms with Gasteiger partial charge in [-0.2, -0.15) is 0 Å². The molecule has 1 heterocycles. The van der Waals surface area contributed by atoms with Crippen molar-refractivity contribution in [3.8, 4) is 11.3 Å². The number of carbonyl (C=O) groups is 2. The summed E-state index contributed by atoms with van der Waals surface area (Å²) in [4.78, 5) is 25.7. The second-order valence-corrected chi connectivity index (χ2v) is 5.43. The first-order chi connectivity index (χ1) is 11.0. The Kier molecular flexibility index (Phi) is 3.85. The third kappa shape index (κ3) is 3.40. The molecule has 23 heavy (non-hydrogen) atoms. The van der Waals surface area contributed by atoms with Crippen LogP contribution in [0.5, 0.6) is 0 Å². The number of fused-ring (bicyclic) bond motifs is 1. The molecule has 1 aromatic heterocycles. The van der Waals surface area contributed by atoms with Crippen molar-refractivity contribution in [2.24, 2.45) is 0 Å². The Bertz CT molecular complexity index is 896. The number of amides is 2. The van der Waals surface area contributed by atoms with Gasteiger partial charge in [-0.3, -0.25) is 9.59 Å². The van der Waals surface area contributed by atoms with Crippen LogP contribution in [-0.2, 0) is 9.59 Å². The number of carbonyl (C=O) groups excluding carboxylic acids is 2. The van der Waals surface area contributed by atoms with Crippen LogP contribution in [0.1, 0.15) is 13.8 Å². The van der Waals surface area contributed by atoms with Crippen LogP contribution >= 0.6 is 0 Å². The Labute approximate surface area is 133 Å². The van der Waals surface area contributed by atoms with Gasteiger partial charge < -0.3 is 15.6 Å². The van der Waals surface area contributed by atoms with Crippen LogP contribution in [0, 0.1) is 0 Å². The van der Waals surface area contributed by atoms with Crippen LogP contribution in [0.25, 0.3) is 22.2 Å². The van der Waals surface area contributed by atoms with E-state index >= 15 is 0 Å². The summed E-state index contributed by atoms with van der Waals surface area (Å²) in [5.74, 6) is -0.193. The van der Waals surface area contributed by atoms with Crippen LogP contribution in [0.4, 0.5) is 11.4 Å². The zero-order valence-electron chi connectivity index (χ0n) is 12.9. The van der Waals surface area contributed by atoms with E-state index < -0.39 is 0 Å². The number of aromatic amines is 1. The minimum atomic E-state index is -0.0984. The molecule has 2 aromatic carbocycles. The molecule has 0 radical (unpaired) electrons. The predicted molar refractivity (Wildman–Crippen MR) is 92.3 cm³/mol. The summed E-state index contributed by atoms with van der Waals surface area (Å²) in [5.41, 5.74) is 4.44. The smallest absolute Gasteiger partial charge is 0.221 e. The van der Waals surface area contributed by atoms with E-state index in [0.29, 0.717) is 0 Å². The van der Waals surface area contributed by atoms with Gasteiger partial charge in [0.2, 0.25) is 11.8 Å². The molecule has 3 rings (SSSR count). The molecule has 0 atom stereocenters. The summed E-state index contributed by atoms with van der Waals surface area (Å²) < 4.78 is 0. The van der Waals surface area contributed by atoms with E-state index in [1.54, 1.807) is 0 Å². The topological polar surface area (TPSA) is 74.0 Å². The highest BCUT2D eigenvalue weighted by molar-refractivity contribution is 5.94. The van der Waals surface area contributed by atoms with Crippen molar-refractivity contribution in [1.29, 1.82) is 0 Å². The van der Waals surface area contributed by atoms with Crippen molar-refractivity contribution >= 4 is 34.1 Å². The number of hydrogen-bond donors (Lipinski definition) is 3. The van der Waals surface area contributed by atoms with Gasteiger partial charge in [0, 0.05) is 47.4 Å². The van der Waals surface area contributed by atoms with Gasteiger partial charge >= 0.3 is 0 Å². The Balaban J connectivity index is 1.97. The first kappa shape index (κ1) is 14.8. The monoisotopic (exact) mass is 307 g/mol. The third-order valence-corrected chi connectivity index (χ3v) is 3.44. The lowest BCUT2D eigenvalue weighted by Crippen LogP contribution is -2.05. The highest BCUT2D eigenvalue weighted by atomic mass is 16.2. The van der Waals surface area contributed by atoms with Crippen LogP contribution < -0.4 is 10.6 Å². The SMILES string of the molecule is CC(=O)Nc1cccc(-c2cc3cc(NC(C)=O)ccc3[nH]2)c1. The van der Waals surface area contributed by atoms with E-state index in [2.05, 4.69) is 15.6 Å². The third-order valence-electron chi connectivity index (χ3n) is 3.44. The van der Waals surface area contributed by atoms with Gasteiger partial charge in [0.05, 0.1) is 0 Å². The van der Waals surface area contributed by atoms with Gasteiger partial charge in [-0.1, -0.05) is 12.1 Å². The second-order valence-electron chi connectivity index (χ2n) is 5.43. The van der Waals surface area contributed by atoms with E-state index in [1.165, 1.54) is 13.8 Å². The number of hydrogen-bond acceptors (Lipinski definition) is 2. The van der Waals surface area contributed by atoms with Crippen LogP contribution in [0.2, 0.25) is 0 Å². The molecule has 0 saturated heterocycles. The molecule has 0 aliphatic heterocycles. The Morgan fingerprint density at radius 1 is 0.870 bits per heavy atom. The quantitative estimate of drug-likeness (QED) is 0.689. The second kappa shape index (κ2) is 5.96. The Morgan fingerprint density at radius 3 is 2.26 bits per heavy atom. The molecule has 0 unspecified atom stereocenters. The van der Waals surface area contributed by atoms with Gasteiger partial charge in [0.25, 0.3) is 0 Å². The molecule has 0 spiro atoms. The summed E-state index contributed by atoms with van der Waals surface area (Å²) >= 11 is 0. The number of nitrogens with one attached hydrogen (secondary N) is 3. The van der Waals surface area contributed by atoms with E-state index in [-0.39, 0.29) is 11.8 Å². The number of aromatic nitrogens is 1. The standard InChI is InChI=1S/C18H17N3O2/c1-11(22)19-15-5-3-4-13(8-15)18-10-14-9-16(20-12(2)23)6-7-17(14)21-18/h3-10,21H,1-2H3,(H,19,22)(H,20,23). The summed E-state index contributed by atoms with van der Waals surface area (Å²) in [7, 11) is 0. The molecule has 116 valence electrons. The lowest BCUT2D eigenvalue weighted by molar-refractivity contribution is -0.115. The van der Waals surface area contributed by atoms with Crippen molar-refractivity contribution < 1.29 is 9.59 Å². The van der Waals surface area contributed by atoms with Crippen molar-refractivity contribution in [2.75, 3.05) is 10.6 Å². The highest BCUT2D eigenvalue weighted by Gasteiger charge is 2.06. The Morgan fingerprint density at radius 2 is 1.57 bits per heavy atom. The molecule has 0 saturated carbocycles. The minimum absolute atomic E-state index is 0.0943. The highest BCUT2D eigenvalue weighted by Crippen LogP contribution is 2.27. The minimum Gasteiger partial charge on any atom is -0.355 e. The van der Waals surface area contributed by atoms with Crippen LogP contribution in [-0.4, -0.2) is 16.8 Å². The summed E-state index contributed by atoms with van der Waals surface area (Å²) in [6, 6.07) is 15.4. The summed E-state index contributed by atoms with van der Waals surface area (Å²) in [6.07, 6.45) is 0. The molecular weight excluding hydrogens is 290 g/mol. The van der Waals surface area contributed by atoms with Gasteiger partial charge in [0.1, 0.15) is 0 Å². The predicted octanol–water partition coefficient (Wildman–Crippen LogP) is 3.75. The maximum atomic E-state index is 11.2. The Hall–Kier alpha value is -3.08. The maximum absolute atomic E-state index is 11.2. The first-order valence-electron chi connectivity index (χ1n) is 7.29. The van der Waals surface area contributed by atoms with Gasteiger partial charge in [-0.05, 0) is 36.4 Å². The van der Waals surface area contributed by atoms with Crippen molar-refractivity contribution in [1.82, 2.24) is 4.98 Å². The number of rotatable bonds is 3. The fraction of sp³-hybridized carbons (Fsp3) is 0.111. The molecule has 3 N–H and O–H groups in total. The average molecular weight is 307 g/mol. The molecule has 0 aliphatic carbocycles. The van der Waals surface area contributed by atoms with E-state index in [4.69, 9.17) is 0 Å². The normalized spacial score (nSPS) is 10.5. The van der Waals surface area contributed by atoms with E-state index in [9.17, 15) is 9.59 Å². The molecule has 3 aromatic rings. The van der Waals surface area contributed by atoms with Gasteiger partial charge in [0.15, 0.2) is 0 Å². The van der Waals surface area contributed by atoms with Crippen molar-refractivity contribution in [3.63, 3.8) is 0 Å². The number of anilines is 2. The fourth-order valence-electron chi connectivity index (χ4n) is 2.54. The zero-order valence-corrected chi connectivity index (χ0v) is 12.9. The summed E-state index contributed by atoms with van der Waals surface area (Å²) in [5, 5.41) is 6.57. The molecule has 5 nitrogen and oxygen atoms in total. The lowest BCUT2D eigenvalue weighted by atomic mass is 10.1. The fourth-order valence-corrected chi connectivity index (χ4v) is 2.54. The number of benzene rings is 2. The molecule has 0 aliphatic rings. The molecular formula is C18H17N3O2. The molecule has 0 bridgehead atoms. The largest absolute Gasteiger partial charge is 0.355 e. The maximum Gasteiger partial charge on any atom is 0.221 e. The molecule has 0 fully saturated rings. The number of H-pyrrole nitrogens is 1.